The number of halogens is 1. The topological polar surface area (TPSA) is 55.1 Å². The van der Waals surface area contributed by atoms with E-state index in [1.165, 1.54) is 12.1 Å². The zero-order valence-corrected chi connectivity index (χ0v) is 14.9. The number of amides is 1. The molecular formula is C21H21FN2O2. The van der Waals surface area contributed by atoms with Crippen LogP contribution in [0.25, 0.3) is 11.1 Å². The van der Waals surface area contributed by atoms with Crippen LogP contribution in [0.4, 0.5) is 10.1 Å². The van der Waals surface area contributed by atoms with Crippen molar-refractivity contribution in [1.29, 1.82) is 0 Å². The maximum absolute atomic E-state index is 13.2. The molecule has 0 unspecified atom stereocenters. The van der Waals surface area contributed by atoms with E-state index in [9.17, 15) is 9.18 Å². The van der Waals surface area contributed by atoms with Crippen molar-refractivity contribution in [3.05, 3.63) is 59.7 Å². The Hall–Kier alpha value is -2.69. The molecule has 0 spiro atoms. The van der Waals surface area contributed by atoms with Crippen LogP contribution in [-0.2, 0) is 10.2 Å². The molecule has 1 aliphatic carbocycles. The third-order valence-electron chi connectivity index (χ3n) is 5.19. The lowest BCUT2D eigenvalue weighted by atomic mass is 9.64. The van der Waals surface area contributed by atoms with Crippen LogP contribution >= 0.6 is 0 Å². The van der Waals surface area contributed by atoms with Gasteiger partial charge in [0.2, 0.25) is 5.91 Å². The molecule has 4 rings (SSSR count). The van der Waals surface area contributed by atoms with Crippen LogP contribution < -0.4 is 5.32 Å². The zero-order valence-electron chi connectivity index (χ0n) is 14.9. The summed E-state index contributed by atoms with van der Waals surface area (Å²) in [6, 6.07) is 11.7. The van der Waals surface area contributed by atoms with Gasteiger partial charge in [0, 0.05) is 11.6 Å². The average Bonchev–Trinajstić information content (AvgIpc) is 2.99. The van der Waals surface area contributed by atoms with E-state index < -0.39 is 5.41 Å². The van der Waals surface area contributed by atoms with E-state index in [4.69, 9.17) is 4.42 Å². The van der Waals surface area contributed by atoms with E-state index in [1.807, 2.05) is 32.0 Å². The normalized spacial score (nSPS) is 15.8. The molecule has 5 heteroatoms. The molecular weight excluding hydrogens is 331 g/mol. The lowest BCUT2D eigenvalue weighted by molar-refractivity contribution is -0.124. The molecule has 0 radical (unpaired) electrons. The van der Waals surface area contributed by atoms with E-state index >= 15 is 0 Å². The van der Waals surface area contributed by atoms with E-state index in [0.717, 1.165) is 30.3 Å². The fourth-order valence-electron chi connectivity index (χ4n) is 3.47. The van der Waals surface area contributed by atoms with Gasteiger partial charge in [-0.1, -0.05) is 32.4 Å². The molecule has 1 amide bonds. The number of carbonyl (C=O) groups is 1. The monoisotopic (exact) mass is 352 g/mol. The molecule has 4 nitrogen and oxygen atoms in total. The van der Waals surface area contributed by atoms with Gasteiger partial charge in [0.05, 0.1) is 5.41 Å². The Kier molecular flexibility index (Phi) is 4.02. The van der Waals surface area contributed by atoms with Crippen LogP contribution in [0.15, 0.2) is 46.9 Å². The van der Waals surface area contributed by atoms with Gasteiger partial charge in [-0.15, -0.1) is 0 Å². The van der Waals surface area contributed by atoms with E-state index in [0.29, 0.717) is 17.2 Å². The first-order valence-electron chi connectivity index (χ1n) is 8.96. The molecule has 2 aromatic carbocycles. The summed E-state index contributed by atoms with van der Waals surface area (Å²) in [5.74, 6) is 0.547. The first-order valence-corrected chi connectivity index (χ1v) is 8.96. The third-order valence-corrected chi connectivity index (χ3v) is 5.19. The predicted octanol–water partition coefficient (Wildman–Crippen LogP) is 5.15. The van der Waals surface area contributed by atoms with Gasteiger partial charge in [-0.2, -0.15) is 0 Å². The summed E-state index contributed by atoms with van der Waals surface area (Å²) < 4.78 is 18.9. The second kappa shape index (κ2) is 6.24. The summed E-state index contributed by atoms with van der Waals surface area (Å²) in [5, 5.41) is 3.01. The minimum atomic E-state index is -0.574. The van der Waals surface area contributed by atoms with Crippen molar-refractivity contribution in [1.82, 2.24) is 4.98 Å². The highest BCUT2D eigenvalue weighted by molar-refractivity contribution is 6.00. The van der Waals surface area contributed by atoms with Crippen molar-refractivity contribution in [2.75, 3.05) is 5.32 Å². The van der Waals surface area contributed by atoms with Crippen LogP contribution in [0.1, 0.15) is 50.5 Å². The Bertz CT molecular complexity index is 956. The number of aromatic nitrogens is 1. The van der Waals surface area contributed by atoms with Crippen LogP contribution in [-0.4, -0.2) is 10.9 Å². The van der Waals surface area contributed by atoms with Crippen molar-refractivity contribution in [2.45, 2.75) is 44.4 Å². The summed E-state index contributed by atoms with van der Waals surface area (Å²) in [6.45, 7) is 4.05. The standard InChI is InChI=1S/C21H21FN2O2/c1-13(2)19-24-17-12-16(8-9-18(17)26-19)23-20(25)21(10-3-11-21)14-4-6-15(22)7-5-14/h4-9,12-13H,3,10-11H2,1-2H3,(H,23,25). The first-order chi connectivity index (χ1) is 12.5. The van der Waals surface area contributed by atoms with Crippen molar-refractivity contribution in [3.63, 3.8) is 0 Å². The molecule has 0 aliphatic heterocycles. The highest BCUT2D eigenvalue weighted by Crippen LogP contribution is 2.44. The minimum Gasteiger partial charge on any atom is -0.440 e. The summed E-state index contributed by atoms with van der Waals surface area (Å²) in [6.07, 6.45) is 2.53. The van der Waals surface area contributed by atoms with Gasteiger partial charge in [0.15, 0.2) is 11.5 Å². The number of oxazole rings is 1. The predicted molar refractivity (Wildman–Crippen MR) is 98.7 cm³/mol. The number of fused-ring (bicyclic) bond motifs is 1. The summed E-state index contributed by atoms with van der Waals surface area (Å²) in [5.41, 5.74) is 2.43. The molecule has 1 aromatic heterocycles. The molecule has 26 heavy (non-hydrogen) atoms. The number of hydrogen-bond donors (Lipinski definition) is 1. The number of rotatable bonds is 4. The minimum absolute atomic E-state index is 0.0534. The SMILES string of the molecule is CC(C)c1nc2cc(NC(=O)C3(c4ccc(F)cc4)CCC3)ccc2o1. The van der Waals surface area contributed by atoms with Gasteiger partial charge in [0.25, 0.3) is 0 Å². The van der Waals surface area contributed by atoms with Gasteiger partial charge < -0.3 is 9.73 Å². The smallest absolute Gasteiger partial charge is 0.235 e. The van der Waals surface area contributed by atoms with Gasteiger partial charge in [-0.3, -0.25) is 4.79 Å². The summed E-state index contributed by atoms with van der Waals surface area (Å²) in [7, 11) is 0. The number of hydrogen-bond acceptors (Lipinski definition) is 3. The molecule has 1 heterocycles. The maximum atomic E-state index is 13.2. The molecule has 134 valence electrons. The second-order valence-electron chi connectivity index (χ2n) is 7.29. The van der Waals surface area contributed by atoms with Crippen molar-refractivity contribution < 1.29 is 13.6 Å². The zero-order chi connectivity index (χ0) is 18.3. The molecule has 1 fully saturated rings. The Balaban J connectivity index is 1.60. The van der Waals surface area contributed by atoms with Gasteiger partial charge in [-0.25, -0.2) is 9.37 Å². The highest BCUT2D eigenvalue weighted by atomic mass is 19.1. The van der Waals surface area contributed by atoms with Crippen LogP contribution in [0, 0.1) is 5.82 Å². The molecule has 1 N–H and O–H groups in total. The Morgan fingerprint density at radius 3 is 2.54 bits per heavy atom. The maximum Gasteiger partial charge on any atom is 0.235 e. The van der Waals surface area contributed by atoms with E-state index in [2.05, 4.69) is 10.3 Å². The van der Waals surface area contributed by atoms with Crippen LogP contribution in [0.5, 0.6) is 0 Å². The van der Waals surface area contributed by atoms with Crippen molar-refractivity contribution >= 4 is 22.7 Å². The third kappa shape index (κ3) is 2.77. The van der Waals surface area contributed by atoms with Gasteiger partial charge in [0.1, 0.15) is 11.3 Å². The number of anilines is 1. The molecule has 1 aliphatic rings. The Morgan fingerprint density at radius 2 is 1.92 bits per heavy atom. The van der Waals surface area contributed by atoms with E-state index in [-0.39, 0.29) is 17.6 Å². The van der Waals surface area contributed by atoms with E-state index in [1.54, 1.807) is 12.1 Å². The second-order valence-corrected chi connectivity index (χ2v) is 7.29. The number of benzene rings is 2. The quantitative estimate of drug-likeness (QED) is 0.706. The summed E-state index contributed by atoms with van der Waals surface area (Å²) in [4.78, 5) is 17.5. The number of nitrogens with one attached hydrogen (secondary N) is 1. The molecule has 0 bridgehead atoms. The fraction of sp³-hybridized carbons (Fsp3) is 0.333. The number of nitrogens with zero attached hydrogens (tertiary/aromatic N) is 1. The van der Waals surface area contributed by atoms with Gasteiger partial charge in [-0.05, 0) is 48.7 Å². The van der Waals surface area contributed by atoms with Crippen molar-refractivity contribution in [2.24, 2.45) is 0 Å². The molecule has 0 atom stereocenters. The number of carbonyl (C=O) groups excluding carboxylic acids is 1. The molecule has 1 saturated carbocycles. The largest absolute Gasteiger partial charge is 0.440 e. The molecule has 3 aromatic rings. The lowest BCUT2D eigenvalue weighted by Crippen LogP contribution is -2.46. The van der Waals surface area contributed by atoms with Crippen LogP contribution in [0.2, 0.25) is 0 Å². The average molecular weight is 352 g/mol. The highest BCUT2D eigenvalue weighted by Gasteiger charge is 2.45. The van der Waals surface area contributed by atoms with Crippen molar-refractivity contribution in [3.8, 4) is 0 Å². The van der Waals surface area contributed by atoms with Crippen LogP contribution in [0.3, 0.4) is 0 Å². The lowest BCUT2D eigenvalue weighted by Gasteiger charge is -2.40. The first kappa shape index (κ1) is 16.8. The fourth-order valence-corrected chi connectivity index (χ4v) is 3.47. The molecule has 0 saturated heterocycles. The Labute approximate surface area is 151 Å². The van der Waals surface area contributed by atoms with Gasteiger partial charge >= 0.3 is 0 Å². The Morgan fingerprint density at radius 1 is 1.19 bits per heavy atom. The summed E-state index contributed by atoms with van der Waals surface area (Å²) >= 11 is 0.